The maximum absolute atomic E-state index is 11.5. The van der Waals surface area contributed by atoms with E-state index >= 15 is 0 Å². The number of aromatic nitrogens is 1. The van der Waals surface area contributed by atoms with Crippen LogP contribution < -0.4 is 5.32 Å². The number of nitrogens with zero attached hydrogens (tertiary/aromatic N) is 4. The first-order valence-corrected chi connectivity index (χ1v) is 9.00. The maximum atomic E-state index is 11.5. The smallest absolute Gasteiger partial charge is 0.294 e. The van der Waals surface area contributed by atoms with Crippen LogP contribution in [0.3, 0.4) is 0 Å². The van der Waals surface area contributed by atoms with Crippen molar-refractivity contribution in [3.8, 4) is 29.7 Å². The molecule has 1 aromatic heterocycles. The molecule has 0 aliphatic heterocycles. The highest BCUT2D eigenvalue weighted by molar-refractivity contribution is 7.85. The Hall–Kier alpha value is -4.17. The summed E-state index contributed by atoms with van der Waals surface area (Å²) in [4.78, 5) is 3.85. The average molecular weight is 391 g/mol. The number of allylic oxidation sites excluding steroid dienone is 2. The van der Waals surface area contributed by atoms with Crippen LogP contribution in [0.1, 0.15) is 0 Å². The molecule has 2 aromatic carbocycles. The summed E-state index contributed by atoms with van der Waals surface area (Å²) in [6.45, 7) is 0. The lowest BCUT2D eigenvalue weighted by Gasteiger charge is -2.10. The number of hydrogen-bond donors (Lipinski definition) is 2. The van der Waals surface area contributed by atoms with Crippen LogP contribution in [0.5, 0.6) is 0 Å². The van der Waals surface area contributed by atoms with Crippen molar-refractivity contribution in [2.75, 3.05) is 5.32 Å². The van der Waals surface area contributed by atoms with Crippen molar-refractivity contribution in [2.45, 2.75) is 4.90 Å². The van der Waals surface area contributed by atoms with Gasteiger partial charge in [-0.2, -0.15) is 24.2 Å². The fourth-order valence-electron chi connectivity index (χ4n) is 2.37. The highest BCUT2D eigenvalue weighted by atomic mass is 32.2. The number of para-hydroxylation sites is 2. The number of nitrogens with one attached hydrogen (secondary N) is 1. The summed E-state index contributed by atoms with van der Waals surface area (Å²) < 4.78 is 38.0. The van der Waals surface area contributed by atoms with E-state index in [1.54, 1.807) is 42.5 Å². The molecule has 10 heteroatoms. The third-order valence-corrected chi connectivity index (χ3v) is 4.51. The predicted molar refractivity (Wildman–Crippen MR) is 96.7 cm³/mol. The Balaban J connectivity index is 2.24. The number of nitriles is 3. The minimum atomic E-state index is -4.52. The molecule has 3 aromatic rings. The lowest BCUT2D eigenvalue weighted by molar-refractivity contribution is 0.483. The number of fused-ring (bicyclic) bond motifs is 1. The van der Waals surface area contributed by atoms with Crippen molar-refractivity contribution in [2.24, 2.45) is 0 Å². The molecule has 3 rings (SSSR count). The molecule has 0 fully saturated rings. The summed E-state index contributed by atoms with van der Waals surface area (Å²) in [6, 6.07) is 15.2. The minimum absolute atomic E-state index is 0.0157. The Morgan fingerprint density at radius 2 is 1.79 bits per heavy atom. The van der Waals surface area contributed by atoms with Crippen molar-refractivity contribution in [1.82, 2.24) is 4.98 Å². The second kappa shape index (κ2) is 7.22. The molecule has 0 saturated heterocycles. The summed E-state index contributed by atoms with van der Waals surface area (Å²) in [6.07, 6.45) is 0. The highest BCUT2D eigenvalue weighted by Gasteiger charge is 2.19. The van der Waals surface area contributed by atoms with Gasteiger partial charge in [-0.25, -0.2) is 4.98 Å². The van der Waals surface area contributed by atoms with Crippen molar-refractivity contribution >= 4 is 26.9 Å². The van der Waals surface area contributed by atoms with E-state index in [1.165, 1.54) is 6.07 Å². The van der Waals surface area contributed by atoms with Crippen LogP contribution in [0.4, 0.5) is 5.69 Å². The number of benzene rings is 2. The molecule has 0 bridgehead atoms. The van der Waals surface area contributed by atoms with Gasteiger partial charge in [0.25, 0.3) is 10.1 Å². The lowest BCUT2D eigenvalue weighted by atomic mass is 10.1. The van der Waals surface area contributed by atoms with E-state index in [0.717, 1.165) is 12.1 Å². The van der Waals surface area contributed by atoms with Gasteiger partial charge in [0.05, 0.1) is 16.1 Å². The molecule has 0 unspecified atom stereocenters. The van der Waals surface area contributed by atoms with Crippen LogP contribution in [0.25, 0.3) is 22.6 Å². The average Bonchev–Trinajstić information content (AvgIpc) is 3.11. The Morgan fingerprint density at radius 1 is 1.07 bits per heavy atom. The molecule has 0 saturated carbocycles. The van der Waals surface area contributed by atoms with Crippen LogP contribution >= 0.6 is 0 Å². The van der Waals surface area contributed by atoms with E-state index in [9.17, 15) is 18.2 Å². The zero-order valence-electron chi connectivity index (χ0n) is 13.9. The van der Waals surface area contributed by atoms with Crippen LogP contribution in [-0.4, -0.2) is 18.0 Å². The van der Waals surface area contributed by atoms with Gasteiger partial charge in [0, 0.05) is 0 Å². The quantitative estimate of drug-likeness (QED) is 0.502. The third kappa shape index (κ3) is 3.53. The van der Waals surface area contributed by atoms with Gasteiger partial charge in [-0.05, 0) is 30.3 Å². The van der Waals surface area contributed by atoms with Gasteiger partial charge in [0.1, 0.15) is 29.4 Å². The van der Waals surface area contributed by atoms with Crippen LogP contribution in [-0.2, 0) is 10.1 Å². The van der Waals surface area contributed by atoms with Gasteiger partial charge in [0.2, 0.25) is 5.89 Å². The first-order chi connectivity index (χ1) is 13.4. The number of rotatable bonds is 4. The molecule has 0 spiro atoms. The minimum Gasteiger partial charge on any atom is -0.436 e. The number of anilines is 1. The van der Waals surface area contributed by atoms with Gasteiger partial charge in [-0.1, -0.05) is 12.1 Å². The summed E-state index contributed by atoms with van der Waals surface area (Å²) in [5.41, 5.74) is 0.414. The molecule has 0 radical (unpaired) electrons. The monoisotopic (exact) mass is 391 g/mol. The Kier molecular flexibility index (Phi) is 4.80. The zero-order chi connectivity index (χ0) is 20.3. The standard InChI is InChI=1S/C18H9N5O4S/c19-8-11(9-20)16(10-21)22-14-6-5-12(28(24,25)26)7-13(14)18-23-15-3-1-2-4-17(15)27-18/h1-7,22H,(H,24,25,26). The summed E-state index contributed by atoms with van der Waals surface area (Å²) in [7, 11) is -4.52. The van der Waals surface area contributed by atoms with E-state index < -0.39 is 20.6 Å². The van der Waals surface area contributed by atoms with E-state index in [1.807, 2.05) is 0 Å². The molecule has 2 N–H and O–H groups in total. The SMILES string of the molecule is N#CC(C#N)=C(C#N)Nc1ccc(S(=O)(=O)O)cc1-c1nc2ccccc2o1. The fourth-order valence-corrected chi connectivity index (χ4v) is 2.88. The maximum Gasteiger partial charge on any atom is 0.294 e. The Bertz CT molecular complexity index is 1300. The van der Waals surface area contributed by atoms with E-state index in [2.05, 4.69) is 10.3 Å². The van der Waals surface area contributed by atoms with Gasteiger partial charge >= 0.3 is 0 Å². The molecular weight excluding hydrogens is 382 g/mol. The molecule has 0 amide bonds. The Labute approximate surface area is 159 Å². The molecular formula is C18H9N5O4S. The van der Waals surface area contributed by atoms with Crippen molar-refractivity contribution in [1.29, 1.82) is 15.8 Å². The summed E-state index contributed by atoms with van der Waals surface area (Å²) >= 11 is 0. The molecule has 28 heavy (non-hydrogen) atoms. The fraction of sp³-hybridized carbons (Fsp3) is 0. The van der Waals surface area contributed by atoms with Crippen LogP contribution in [0.2, 0.25) is 0 Å². The molecule has 0 aliphatic carbocycles. The summed E-state index contributed by atoms with van der Waals surface area (Å²) in [5.74, 6) is 0.0157. The van der Waals surface area contributed by atoms with Crippen LogP contribution in [0.15, 0.2) is 63.0 Å². The van der Waals surface area contributed by atoms with E-state index in [-0.39, 0.29) is 22.8 Å². The number of oxazole rings is 1. The van der Waals surface area contributed by atoms with Gasteiger partial charge in [-0.15, -0.1) is 0 Å². The van der Waals surface area contributed by atoms with Gasteiger partial charge < -0.3 is 9.73 Å². The topological polar surface area (TPSA) is 164 Å². The third-order valence-electron chi connectivity index (χ3n) is 3.66. The van der Waals surface area contributed by atoms with Crippen LogP contribution in [0, 0.1) is 34.0 Å². The van der Waals surface area contributed by atoms with E-state index in [0.29, 0.717) is 11.1 Å². The van der Waals surface area contributed by atoms with Gasteiger partial charge in [0.15, 0.2) is 11.2 Å². The summed E-state index contributed by atoms with van der Waals surface area (Å²) in [5, 5.41) is 29.8. The largest absolute Gasteiger partial charge is 0.436 e. The molecule has 1 heterocycles. The second-order valence-electron chi connectivity index (χ2n) is 5.38. The first kappa shape index (κ1) is 18.6. The molecule has 136 valence electrons. The molecule has 0 aliphatic rings. The lowest BCUT2D eigenvalue weighted by Crippen LogP contribution is -2.04. The second-order valence-corrected chi connectivity index (χ2v) is 6.80. The normalized spacial score (nSPS) is 10.5. The highest BCUT2D eigenvalue weighted by Crippen LogP contribution is 2.33. The van der Waals surface area contributed by atoms with Crippen molar-refractivity contribution < 1.29 is 17.4 Å². The molecule has 0 atom stereocenters. The Morgan fingerprint density at radius 3 is 2.39 bits per heavy atom. The first-order valence-electron chi connectivity index (χ1n) is 7.56. The van der Waals surface area contributed by atoms with Gasteiger partial charge in [-0.3, -0.25) is 4.55 Å². The van der Waals surface area contributed by atoms with Crippen molar-refractivity contribution in [3.05, 3.63) is 53.7 Å². The predicted octanol–water partition coefficient (Wildman–Crippen LogP) is 2.98. The van der Waals surface area contributed by atoms with Crippen molar-refractivity contribution in [3.63, 3.8) is 0 Å². The number of hydrogen-bond acceptors (Lipinski definition) is 8. The van der Waals surface area contributed by atoms with E-state index in [4.69, 9.17) is 14.9 Å². The zero-order valence-corrected chi connectivity index (χ0v) is 14.7. The molecule has 9 nitrogen and oxygen atoms in total.